The molecule has 0 aliphatic heterocycles. The highest BCUT2D eigenvalue weighted by Gasteiger charge is 2.16. The molecule has 2 aromatic carbocycles. The molecule has 0 aliphatic carbocycles. The molecule has 4 rings (SSSR count). The van der Waals surface area contributed by atoms with Crippen molar-refractivity contribution in [2.75, 3.05) is 13.1 Å². The van der Waals surface area contributed by atoms with E-state index in [1.165, 1.54) is 12.1 Å². The molecule has 7 heteroatoms. The molecule has 0 saturated carbocycles. The molecule has 0 aliphatic rings. The summed E-state index contributed by atoms with van der Waals surface area (Å²) in [6.45, 7) is 0.700. The number of aromatic nitrogens is 2. The number of rotatable bonds is 4. The third kappa shape index (κ3) is 3.31. The average molecular weight is 427 g/mol. The standard InChI is InChI=1S/C20H16BrFN4O/c21-11-1-4-17-14(7-11)16(10-25-17)19-9-15(20(27)24-6-5-23)13-3-2-12(22)8-18(13)26-19/h1-4,7-10,25H,5-6,23H2,(H,24,27). The van der Waals surface area contributed by atoms with Crippen molar-refractivity contribution < 1.29 is 9.18 Å². The van der Waals surface area contributed by atoms with Gasteiger partial charge in [-0.25, -0.2) is 9.37 Å². The first-order chi connectivity index (χ1) is 13.1. The Morgan fingerprint density at radius 2 is 2.04 bits per heavy atom. The number of carbonyl (C=O) groups excluding carboxylic acids is 1. The van der Waals surface area contributed by atoms with Gasteiger partial charge in [-0.15, -0.1) is 0 Å². The smallest absolute Gasteiger partial charge is 0.252 e. The molecule has 2 heterocycles. The maximum absolute atomic E-state index is 13.8. The Balaban J connectivity index is 1.95. The van der Waals surface area contributed by atoms with E-state index < -0.39 is 5.82 Å². The lowest BCUT2D eigenvalue weighted by Crippen LogP contribution is -2.29. The number of nitrogens with one attached hydrogen (secondary N) is 2. The van der Waals surface area contributed by atoms with E-state index in [-0.39, 0.29) is 5.91 Å². The van der Waals surface area contributed by atoms with E-state index >= 15 is 0 Å². The van der Waals surface area contributed by atoms with Gasteiger partial charge in [-0.05, 0) is 36.4 Å². The van der Waals surface area contributed by atoms with Gasteiger partial charge in [-0.3, -0.25) is 4.79 Å². The van der Waals surface area contributed by atoms with Crippen LogP contribution in [0.2, 0.25) is 0 Å². The summed E-state index contributed by atoms with van der Waals surface area (Å²) in [5.41, 5.74) is 8.73. The molecule has 0 bridgehead atoms. The minimum Gasteiger partial charge on any atom is -0.360 e. The van der Waals surface area contributed by atoms with Crippen LogP contribution in [0.1, 0.15) is 10.4 Å². The van der Waals surface area contributed by atoms with Gasteiger partial charge in [0, 0.05) is 51.7 Å². The fraction of sp³-hybridized carbons (Fsp3) is 0.100. The van der Waals surface area contributed by atoms with Crippen molar-refractivity contribution in [1.82, 2.24) is 15.3 Å². The van der Waals surface area contributed by atoms with Crippen molar-refractivity contribution in [2.45, 2.75) is 0 Å². The average Bonchev–Trinajstić information content (AvgIpc) is 3.07. The molecule has 1 amide bonds. The molecular weight excluding hydrogens is 411 g/mol. The second kappa shape index (κ2) is 7.09. The number of halogens is 2. The first-order valence-corrected chi connectivity index (χ1v) is 9.21. The lowest BCUT2D eigenvalue weighted by Gasteiger charge is -2.10. The second-order valence-electron chi connectivity index (χ2n) is 6.15. The van der Waals surface area contributed by atoms with Gasteiger partial charge in [0.05, 0.1) is 16.8 Å². The van der Waals surface area contributed by atoms with Crippen molar-refractivity contribution in [2.24, 2.45) is 5.73 Å². The van der Waals surface area contributed by atoms with Crippen molar-refractivity contribution >= 4 is 43.6 Å². The van der Waals surface area contributed by atoms with Crippen LogP contribution >= 0.6 is 15.9 Å². The summed E-state index contributed by atoms with van der Waals surface area (Å²) in [7, 11) is 0. The lowest BCUT2D eigenvalue weighted by molar-refractivity contribution is 0.0956. The number of fused-ring (bicyclic) bond motifs is 2. The van der Waals surface area contributed by atoms with Crippen molar-refractivity contribution in [3.8, 4) is 11.3 Å². The first kappa shape index (κ1) is 17.6. The number of hydrogen-bond acceptors (Lipinski definition) is 3. The van der Waals surface area contributed by atoms with Crippen LogP contribution in [0.5, 0.6) is 0 Å². The molecule has 27 heavy (non-hydrogen) atoms. The maximum Gasteiger partial charge on any atom is 0.252 e. The highest BCUT2D eigenvalue weighted by Crippen LogP contribution is 2.32. The van der Waals surface area contributed by atoms with Gasteiger partial charge in [0.15, 0.2) is 0 Å². The Labute approximate surface area is 162 Å². The lowest BCUT2D eigenvalue weighted by atomic mass is 10.0. The first-order valence-electron chi connectivity index (χ1n) is 8.42. The zero-order chi connectivity index (χ0) is 19.0. The monoisotopic (exact) mass is 426 g/mol. The van der Waals surface area contributed by atoms with Crippen LogP contribution in [0, 0.1) is 5.82 Å². The zero-order valence-electron chi connectivity index (χ0n) is 14.2. The van der Waals surface area contributed by atoms with Gasteiger partial charge in [0.2, 0.25) is 0 Å². The van der Waals surface area contributed by atoms with E-state index in [1.54, 1.807) is 12.1 Å². The molecule has 5 nitrogen and oxygen atoms in total. The zero-order valence-corrected chi connectivity index (χ0v) is 15.8. The predicted molar refractivity (Wildman–Crippen MR) is 108 cm³/mol. The molecule has 0 saturated heterocycles. The Morgan fingerprint density at radius 3 is 2.85 bits per heavy atom. The fourth-order valence-electron chi connectivity index (χ4n) is 3.11. The van der Waals surface area contributed by atoms with E-state index in [9.17, 15) is 9.18 Å². The quantitative estimate of drug-likeness (QED) is 0.461. The summed E-state index contributed by atoms with van der Waals surface area (Å²) >= 11 is 3.48. The highest BCUT2D eigenvalue weighted by molar-refractivity contribution is 9.10. The summed E-state index contributed by atoms with van der Waals surface area (Å²) in [5.74, 6) is -0.663. The Hall–Kier alpha value is -2.77. The minimum absolute atomic E-state index is 0.262. The van der Waals surface area contributed by atoms with E-state index in [0.717, 1.165) is 20.9 Å². The molecule has 0 atom stereocenters. The summed E-state index contributed by atoms with van der Waals surface area (Å²) < 4.78 is 14.7. The van der Waals surface area contributed by atoms with E-state index in [0.29, 0.717) is 35.2 Å². The Kier molecular flexibility index (Phi) is 4.63. The molecule has 0 unspecified atom stereocenters. The van der Waals surface area contributed by atoms with E-state index in [1.807, 2.05) is 24.4 Å². The van der Waals surface area contributed by atoms with Gasteiger partial charge < -0.3 is 16.0 Å². The Bertz CT molecular complexity index is 1170. The number of pyridine rings is 1. The van der Waals surface area contributed by atoms with Crippen LogP contribution in [0.15, 0.2) is 53.1 Å². The largest absolute Gasteiger partial charge is 0.360 e. The van der Waals surface area contributed by atoms with E-state index in [2.05, 4.69) is 31.2 Å². The molecule has 136 valence electrons. The molecule has 0 spiro atoms. The van der Waals surface area contributed by atoms with Crippen LogP contribution in [-0.2, 0) is 0 Å². The number of hydrogen-bond donors (Lipinski definition) is 3. The topological polar surface area (TPSA) is 83.8 Å². The van der Waals surface area contributed by atoms with Crippen molar-refractivity contribution in [1.29, 1.82) is 0 Å². The van der Waals surface area contributed by atoms with Crippen LogP contribution < -0.4 is 11.1 Å². The molecule has 0 fully saturated rings. The van der Waals surface area contributed by atoms with Crippen molar-refractivity contribution in [3.05, 3.63) is 64.5 Å². The normalized spacial score (nSPS) is 11.2. The summed E-state index contributed by atoms with van der Waals surface area (Å²) in [4.78, 5) is 20.4. The number of benzene rings is 2. The fourth-order valence-corrected chi connectivity index (χ4v) is 3.47. The number of H-pyrrole nitrogens is 1. The van der Waals surface area contributed by atoms with Crippen LogP contribution in [0.4, 0.5) is 4.39 Å². The minimum atomic E-state index is -0.401. The van der Waals surface area contributed by atoms with Crippen LogP contribution in [0.3, 0.4) is 0 Å². The third-order valence-electron chi connectivity index (χ3n) is 4.37. The van der Waals surface area contributed by atoms with Crippen molar-refractivity contribution in [3.63, 3.8) is 0 Å². The number of amides is 1. The maximum atomic E-state index is 13.8. The summed E-state index contributed by atoms with van der Waals surface area (Å²) in [6, 6.07) is 11.8. The molecule has 2 aromatic heterocycles. The highest BCUT2D eigenvalue weighted by atomic mass is 79.9. The Morgan fingerprint density at radius 1 is 1.19 bits per heavy atom. The van der Waals surface area contributed by atoms with Gasteiger partial charge in [0.1, 0.15) is 5.82 Å². The molecular formula is C20H16BrFN4O. The molecule has 0 radical (unpaired) electrons. The van der Waals surface area contributed by atoms with Gasteiger partial charge in [-0.1, -0.05) is 15.9 Å². The summed E-state index contributed by atoms with van der Waals surface area (Å²) in [6.07, 6.45) is 1.84. The van der Waals surface area contributed by atoms with Crippen LogP contribution in [0.25, 0.3) is 33.1 Å². The predicted octanol–water partition coefficient (Wildman–Crippen LogP) is 3.97. The third-order valence-corrected chi connectivity index (χ3v) is 4.86. The van der Waals surface area contributed by atoms with Gasteiger partial charge in [0.25, 0.3) is 5.91 Å². The number of nitrogens with zero attached hydrogens (tertiary/aromatic N) is 1. The van der Waals surface area contributed by atoms with Gasteiger partial charge >= 0.3 is 0 Å². The van der Waals surface area contributed by atoms with Crippen LogP contribution in [-0.4, -0.2) is 29.0 Å². The number of nitrogens with two attached hydrogens (primary N) is 1. The van der Waals surface area contributed by atoms with E-state index in [4.69, 9.17) is 5.73 Å². The molecule has 4 aromatic rings. The number of aromatic amines is 1. The number of carbonyl (C=O) groups is 1. The second-order valence-corrected chi connectivity index (χ2v) is 7.07. The van der Waals surface area contributed by atoms with Gasteiger partial charge in [-0.2, -0.15) is 0 Å². The molecule has 4 N–H and O–H groups in total. The summed E-state index contributed by atoms with van der Waals surface area (Å²) in [5, 5.41) is 4.33. The SMILES string of the molecule is NCCNC(=O)c1cc(-c2c[nH]c3ccc(Br)cc23)nc2cc(F)ccc12.